The summed E-state index contributed by atoms with van der Waals surface area (Å²) in [5, 5.41) is 3.75. The Morgan fingerprint density at radius 2 is 1.78 bits per heavy atom. The molecule has 1 aromatic heterocycles. The lowest BCUT2D eigenvalue weighted by molar-refractivity contribution is 0.367. The fourth-order valence-electron chi connectivity index (χ4n) is 3.24. The Hall–Kier alpha value is -0.890. The van der Waals surface area contributed by atoms with Crippen molar-refractivity contribution in [3.8, 4) is 0 Å². The molecular formula is C16H26N2. The second-order valence-electron chi connectivity index (χ2n) is 5.83. The van der Waals surface area contributed by atoms with E-state index in [9.17, 15) is 0 Å². The van der Waals surface area contributed by atoms with Crippen molar-refractivity contribution < 1.29 is 0 Å². The van der Waals surface area contributed by atoms with E-state index in [1.54, 1.807) is 0 Å². The molecular weight excluding hydrogens is 220 g/mol. The van der Waals surface area contributed by atoms with Crippen LogP contribution in [0.2, 0.25) is 0 Å². The number of hydrogen-bond donors (Lipinski definition) is 1. The van der Waals surface area contributed by atoms with Crippen LogP contribution in [-0.2, 0) is 0 Å². The topological polar surface area (TPSA) is 24.9 Å². The van der Waals surface area contributed by atoms with Crippen LogP contribution in [0.3, 0.4) is 0 Å². The van der Waals surface area contributed by atoms with Crippen LogP contribution in [0.4, 0.5) is 0 Å². The van der Waals surface area contributed by atoms with Crippen molar-refractivity contribution in [2.75, 3.05) is 6.54 Å². The average molecular weight is 246 g/mol. The van der Waals surface area contributed by atoms with E-state index in [0.29, 0.717) is 5.92 Å². The van der Waals surface area contributed by atoms with E-state index in [1.807, 2.05) is 12.4 Å². The standard InChI is InChI=1S/C16H26N2/c1-12-9-17-10-13(2)16(12)14(3)11-18-15-7-5-4-6-8-15/h9-10,14-15,18H,4-8,11H2,1-3H3. The molecule has 0 amide bonds. The van der Waals surface area contributed by atoms with Crippen LogP contribution >= 0.6 is 0 Å². The van der Waals surface area contributed by atoms with Gasteiger partial charge in [-0.2, -0.15) is 0 Å². The number of hydrogen-bond acceptors (Lipinski definition) is 2. The summed E-state index contributed by atoms with van der Waals surface area (Å²) in [5.41, 5.74) is 4.13. The average Bonchev–Trinajstić information content (AvgIpc) is 2.37. The van der Waals surface area contributed by atoms with Gasteiger partial charge in [0.1, 0.15) is 0 Å². The molecule has 0 radical (unpaired) electrons. The summed E-state index contributed by atoms with van der Waals surface area (Å²) >= 11 is 0. The number of rotatable bonds is 4. The minimum Gasteiger partial charge on any atom is -0.313 e. The largest absolute Gasteiger partial charge is 0.313 e. The lowest BCUT2D eigenvalue weighted by Gasteiger charge is -2.25. The number of aromatic nitrogens is 1. The Kier molecular flexibility index (Phi) is 4.76. The molecule has 1 heterocycles. The Bertz CT molecular complexity index is 360. The molecule has 2 rings (SSSR count). The summed E-state index contributed by atoms with van der Waals surface area (Å²) in [4.78, 5) is 4.26. The van der Waals surface area contributed by atoms with E-state index in [1.165, 1.54) is 48.8 Å². The molecule has 2 heteroatoms. The summed E-state index contributed by atoms with van der Waals surface area (Å²) in [6, 6.07) is 0.753. The third-order valence-electron chi connectivity index (χ3n) is 4.20. The molecule has 1 aliphatic rings. The number of pyridine rings is 1. The van der Waals surface area contributed by atoms with Crippen LogP contribution in [0.15, 0.2) is 12.4 Å². The lowest BCUT2D eigenvalue weighted by atomic mass is 9.92. The summed E-state index contributed by atoms with van der Waals surface area (Å²) in [7, 11) is 0. The predicted octanol–water partition coefficient (Wildman–Crippen LogP) is 3.72. The second kappa shape index (κ2) is 6.33. The highest BCUT2D eigenvalue weighted by Crippen LogP contribution is 2.23. The van der Waals surface area contributed by atoms with Crippen molar-refractivity contribution >= 4 is 0 Å². The van der Waals surface area contributed by atoms with Gasteiger partial charge in [0.25, 0.3) is 0 Å². The molecule has 0 aromatic carbocycles. The number of nitrogens with one attached hydrogen (secondary N) is 1. The van der Waals surface area contributed by atoms with Gasteiger partial charge in [-0.3, -0.25) is 4.98 Å². The summed E-state index contributed by atoms with van der Waals surface area (Å²) in [5.74, 6) is 0.579. The number of aryl methyl sites for hydroxylation is 2. The SMILES string of the molecule is Cc1cncc(C)c1C(C)CNC1CCCCC1. The van der Waals surface area contributed by atoms with Crippen molar-refractivity contribution in [3.63, 3.8) is 0 Å². The van der Waals surface area contributed by atoms with E-state index in [0.717, 1.165) is 12.6 Å². The van der Waals surface area contributed by atoms with Gasteiger partial charge in [-0.25, -0.2) is 0 Å². The van der Waals surface area contributed by atoms with Crippen molar-refractivity contribution in [2.45, 2.75) is 64.8 Å². The van der Waals surface area contributed by atoms with Gasteiger partial charge in [-0.05, 0) is 49.3 Å². The van der Waals surface area contributed by atoms with E-state index in [-0.39, 0.29) is 0 Å². The molecule has 1 aliphatic carbocycles. The molecule has 1 saturated carbocycles. The van der Waals surface area contributed by atoms with Crippen LogP contribution < -0.4 is 5.32 Å². The maximum atomic E-state index is 4.26. The highest BCUT2D eigenvalue weighted by Gasteiger charge is 2.16. The first-order valence-corrected chi connectivity index (χ1v) is 7.33. The van der Waals surface area contributed by atoms with Gasteiger partial charge in [-0.1, -0.05) is 26.2 Å². The van der Waals surface area contributed by atoms with Gasteiger partial charge in [0.05, 0.1) is 0 Å². The first-order valence-electron chi connectivity index (χ1n) is 7.33. The van der Waals surface area contributed by atoms with Crippen LogP contribution in [0.5, 0.6) is 0 Å². The minimum absolute atomic E-state index is 0.579. The molecule has 100 valence electrons. The quantitative estimate of drug-likeness (QED) is 0.875. The van der Waals surface area contributed by atoms with Crippen LogP contribution in [0, 0.1) is 13.8 Å². The second-order valence-corrected chi connectivity index (χ2v) is 5.83. The van der Waals surface area contributed by atoms with E-state index in [4.69, 9.17) is 0 Å². The van der Waals surface area contributed by atoms with Gasteiger partial charge < -0.3 is 5.32 Å². The molecule has 1 N–H and O–H groups in total. The summed E-state index contributed by atoms with van der Waals surface area (Å²) in [6.45, 7) is 7.76. The molecule has 1 fully saturated rings. The van der Waals surface area contributed by atoms with Gasteiger partial charge in [-0.15, -0.1) is 0 Å². The van der Waals surface area contributed by atoms with Crippen molar-refractivity contribution in [2.24, 2.45) is 0 Å². The summed E-state index contributed by atoms with van der Waals surface area (Å²) < 4.78 is 0. The van der Waals surface area contributed by atoms with Gasteiger partial charge in [0.2, 0.25) is 0 Å². The van der Waals surface area contributed by atoms with Crippen molar-refractivity contribution in [1.82, 2.24) is 10.3 Å². The monoisotopic (exact) mass is 246 g/mol. The van der Waals surface area contributed by atoms with E-state index < -0.39 is 0 Å². The van der Waals surface area contributed by atoms with Crippen molar-refractivity contribution in [1.29, 1.82) is 0 Å². The smallest absolute Gasteiger partial charge is 0.0300 e. The maximum absolute atomic E-state index is 4.26. The van der Waals surface area contributed by atoms with E-state index >= 15 is 0 Å². The Morgan fingerprint density at radius 1 is 1.17 bits per heavy atom. The Morgan fingerprint density at radius 3 is 2.39 bits per heavy atom. The highest BCUT2D eigenvalue weighted by molar-refractivity contribution is 5.33. The van der Waals surface area contributed by atoms with E-state index in [2.05, 4.69) is 31.1 Å². The zero-order chi connectivity index (χ0) is 13.0. The third kappa shape index (κ3) is 3.32. The normalized spacial score (nSPS) is 18.8. The Labute approximate surface area is 111 Å². The number of nitrogens with zero attached hydrogens (tertiary/aromatic N) is 1. The van der Waals surface area contributed by atoms with Gasteiger partial charge in [0, 0.05) is 25.0 Å². The van der Waals surface area contributed by atoms with Crippen LogP contribution in [0.25, 0.3) is 0 Å². The third-order valence-corrected chi connectivity index (χ3v) is 4.20. The molecule has 2 nitrogen and oxygen atoms in total. The van der Waals surface area contributed by atoms with Crippen LogP contribution in [0.1, 0.15) is 61.6 Å². The summed E-state index contributed by atoms with van der Waals surface area (Å²) in [6.07, 6.45) is 10.9. The molecule has 0 aliphatic heterocycles. The highest BCUT2D eigenvalue weighted by atomic mass is 14.9. The predicted molar refractivity (Wildman–Crippen MR) is 77.0 cm³/mol. The molecule has 1 aromatic rings. The molecule has 18 heavy (non-hydrogen) atoms. The maximum Gasteiger partial charge on any atom is 0.0300 e. The van der Waals surface area contributed by atoms with Crippen LogP contribution in [-0.4, -0.2) is 17.6 Å². The molecule has 1 atom stereocenters. The minimum atomic E-state index is 0.579. The van der Waals surface area contributed by atoms with Crippen molar-refractivity contribution in [3.05, 3.63) is 29.1 Å². The molecule has 0 saturated heterocycles. The molecule has 0 spiro atoms. The van der Waals surface area contributed by atoms with Gasteiger partial charge in [0.15, 0.2) is 0 Å². The van der Waals surface area contributed by atoms with Gasteiger partial charge >= 0.3 is 0 Å². The first-order chi connectivity index (χ1) is 8.68. The first kappa shape index (κ1) is 13.5. The zero-order valence-corrected chi connectivity index (χ0v) is 12.0. The molecule has 1 unspecified atom stereocenters. The molecule has 0 bridgehead atoms. The Balaban J connectivity index is 1.92. The zero-order valence-electron chi connectivity index (χ0n) is 12.0. The fraction of sp³-hybridized carbons (Fsp3) is 0.688. The fourth-order valence-corrected chi connectivity index (χ4v) is 3.24. The lowest BCUT2D eigenvalue weighted by Crippen LogP contribution is -2.34.